The van der Waals surface area contributed by atoms with Crippen LogP contribution in [0.2, 0.25) is 0 Å². The van der Waals surface area contributed by atoms with Crippen molar-refractivity contribution in [3.05, 3.63) is 23.8 Å². The zero-order valence-corrected chi connectivity index (χ0v) is 13.5. The van der Waals surface area contributed by atoms with Crippen LogP contribution in [-0.4, -0.2) is 34.0 Å². The summed E-state index contributed by atoms with van der Waals surface area (Å²) in [5, 5.41) is 20.3. The molecule has 0 bridgehead atoms. The van der Waals surface area contributed by atoms with Crippen LogP contribution in [0.3, 0.4) is 0 Å². The summed E-state index contributed by atoms with van der Waals surface area (Å²) in [7, 11) is 0. The van der Waals surface area contributed by atoms with Crippen molar-refractivity contribution in [1.82, 2.24) is 0 Å². The topological polar surface area (TPSA) is 66.8 Å². The molecule has 0 spiro atoms. The highest BCUT2D eigenvalue weighted by atomic mass is 16.5. The van der Waals surface area contributed by atoms with Gasteiger partial charge >= 0.3 is 5.97 Å². The van der Waals surface area contributed by atoms with E-state index in [0.717, 1.165) is 18.4 Å². The summed E-state index contributed by atoms with van der Waals surface area (Å²) in [6, 6.07) is 0. The quantitative estimate of drug-likeness (QED) is 0.533. The number of allylic oxidation sites excluding steroid dienone is 1. The molecule has 2 N–H and O–H groups in total. The van der Waals surface area contributed by atoms with Crippen molar-refractivity contribution in [2.45, 2.75) is 71.2 Å². The van der Waals surface area contributed by atoms with Crippen LogP contribution >= 0.6 is 0 Å². The predicted molar refractivity (Wildman–Crippen MR) is 82.7 cm³/mol. The lowest BCUT2D eigenvalue weighted by Gasteiger charge is -2.23. The molecule has 4 heteroatoms. The Morgan fingerprint density at radius 2 is 2.00 bits per heavy atom. The second-order valence-electron chi connectivity index (χ2n) is 6.39. The van der Waals surface area contributed by atoms with E-state index in [9.17, 15) is 15.0 Å². The molecule has 0 amide bonds. The van der Waals surface area contributed by atoms with Gasteiger partial charge in [0.15, 0.2) is 0 Å². The van der Waals surface area contributed by atoms with Crippen LogP contribution in [0, 0.1) is 5.92 Å². The van der Waals surface area contributed by atoms with Gasteiger partial charge in [0.1, 0.15) is 6.10 Å². The van der Waals surface area contributed by atoms with Gasteiger partial charge in [0.05, 0.1) is 11.7 Å². The molecule has 0 aromatic carbocycles. The molecule has 0 aromatic heterocycles. The Morgan fingerprint density at radius 1 is 1.33 bits per heavy atom. The molecule has 0 saturated heterocycles. The van der Waals surface area contributed by atoms with Gasteiger partial charge in [0.2, 0.25) is 0 Å². The van der Waals surface area contributed by atoms with E-state index >= 15 is 0 Å². The summed E-state index contributed by atoms with van der Waals surface area (Å²) in [5.41, 5.74) is -0.192. The highest BCUT2D eigenvalue weighted by molar-refractivity contribution is 5.82. The van der Waals surface area contributed by atoms with Crippen LogP contribution in [0.5, 0.6) is 0 Å². The molecule has 0 radical (unpaired) electrons. The van der Waals surface area contributed by atoms with Gasteiger partial charge in [-0.1, -0.05) is 13.0 Å². The number of carbonyl (C=O) groups is 1. The van der Waals surface area contributed by atoms with E-state index in [4.69, 9.17) is 4.74 Å². The van der Waals surface area contributed by atoms with Crippen molar-refractivity contribution in [2.75, 3.05) is 0 Å². The lowest BCUT2D eigenvalue weighted by molar-refractivity contribution is -0.144. The van der Waals surface area contributed by atoms with Crippen molar-refractivity contribution in [3.8, 4) is 0 Å². The molecular weight excluding hydrogens is 268 g/mol. The van der Waals surface area contributed by atoms with Crippen molar-refractivity contribution < 1.29 is 19.7 Å². The first-order chi connectivity index (χ1) is 9.71. The number of rotatable bonds is 0. The number of hydrogen-bond donors (Lipinski definition) is 2. The minimum Gasteiger partial charge on any atom is -0.459 e. The zero-order chi connectivity index (χ0) is 16.0. The fourth-order valence-electron chi connectivity index (χ4n) is 2.27. The maximum absolute atomic E-state index is 11.7. The van der Waals surface area contributed by atoms with Gasteiger partial charge in [-0.2, -0.15) is 0 Å². The summed E-state index contributed by atoms with van der Waals surface area (Å²) in [6.07, 6.45) is 6.63. The number of carbonyl (C=O) groups excluding carboxylic acids is 1. The van der Waals surface area contributed by atoms with E-state index in [2.05, 4.69) is 0 Å². The van der Waals surface area contributed by atoms with Gasteiger partial charge in [0.25, 0.3) is 0 Å². The van der Waals surface area contributed by atoms with Crippen molar-refractivity contribution in [1.29, 1.82) is 0 Å². The van der Waals surface area contributed by atoms with Crippen LogP contribution in [0.25, 0.3) is 0 Å². The first-order valence-corrected chi connectivity index (χ1v) is 7.68. The first-order valence-electron chi connectivity index (χ1n) is 7.68. The van der Waals surface area contributed by atoms with Gasteiger partial charge < -0.3 is 14.9 Å². The Balaban J connectivity index is 2.87. The van der Waals surface area contributed by atoms with E-state index in [0.29, 0.717) is 12.8 Å². The minimum atomic E-state index is -1.13. The second-order valence-corrected chi connectivity index (χ2v) is 6.39. The summed E-state index contributed by atoms with van der Waals surface area (Å²) in [5.74, 6) is -0.189. The maximum atomic E-state index is 11.7. The van der Waals surface area contributed by atoms with Crippen molar-refractivity contribution in [2.24, 2.45) is 5.92 Å². The largest absolute Gasteiger partial charge is 0.459 e. The summed E-state index contributed by atoms with van der Waals surface area (Å²) in [4.78, 5) is 11.7. The molecule has 120 valence electrons. The zero-order valence-electron chi connectivity index (χ0n) is 13.5. The number of aliphatic hydroxyl groups is 2. The van der Waals surface area contributed by atoms with Crippen LogP contribution in [0.4, 0.5) is 0 Å². The van der Waals surface area contributed by atoms with E-state index in [1.54, 1.807) is 6.92 Å². The molecule has 0 unspecified atom stereocenters. The van der Waals surface area contributed by atoms with E-state index in [1.807, 2.05) is 26.8 Å². The summed E-state index contributed by atoms with van der Waals surface area (Å²) in [6.45, 7) is 7.46. The molecule has 0 aromatic rings. The average Bonchev–Trinajstić information content (AvgIpc) is 2.41. The Bertz CT molecular complexity index is 409. The highest BCUT2D eigenvalue weighted by Crippen LogP contribution is 2.21. The van der Waals surface area contributed by atoms with Gasteiger partial charge in [-0.3, -0.25) is 0 Å². The van der Waals surface area contributed by atoms with Gasteiger partial charge in [-0.25, -0.2) is 4.79 Å². The SMILES string of the molecule is CC1=CCC[C@H](C)[C@@H](C)OC(=O)C=C[C@](C)(O)CC[C@@H]1O. The second kappa shape index (κ2) is 7.76. The lowest BCUT2D eigenvalue weighted by atomic mass is 9.93. The minimum absolute atomic E-state index is 0.173. The molecule has 0 saturated carbocycles. The van der Waals surface area contributed by atoms with Crippen LogP contribution in [0.1, 0.15) is 53.4 Å². The monoisotopic (exact) mass is 296 g/mol. The summed E-state index contributed by atoms with van der Waals surface area (Å²) < 4.78 is 5.34. The standard InChI is InChI=1S/C17H28O4/c1-12-6-5-7-13(2)15(18)8-10-17(4,20)11-9-16(19)21-14(12)3/h7,9,11-12,14-15,18,20H,5-6,8,10H2,1-4H3/t12-,14+,15-,17+/m0/s1. The average molecular weight is 296 g/mol. The fourth-order valence-corrected chi connectivity index (χ4v) is 2.27. The summed E-state index contributed by atoms with van der Waals surface area (Å²) >= 11 is 0. The molecule has 21 heavy (non-hydrogen) atoms. The van der Waals surface area contributed by atoms with Crippen LogP contribution < -0.4 is 0 Å². The number of cyclic esters (lactones) is 1. The van der Waals surface area contributed by atoms with E-state index < -0.39 is 17.7 Å². The maximum Gasteiger partial charge on any atom is 0.330 e. The Kier molecular flexibility index (Phi) is 6.62. The smallest absolute Gasteiger partial charge is 0.330 e. The first kappa shape index (κ1) is 17.9. The van der Waals surface area contributed by atoms with Crippen LogP contribution in [-0.2, 0) is 9.53 Å². The third-order valence-corrected chi connectivity index (χ3v) is 4.22. The van der Waals surface area contributed by atoms with Crippen LogP contribution in [0.15, 0.2) is 23.8 Å². The number of hydrogen-bond acceptors (Lipinski definition) is 4. The molecule has 1 aliphatic heterocycles. The molecule has 4 atom stereocenters. The molecule has 0 aliphatic carbocycles. The van der Waals surface area contributed by atoms with Crippen molar-refractivity contribution >= 4 is 5.97 Å². The molecule has 4 nitrogen and oxygen atoms in total. The molecule has 0 fully saturated rings. The van der Waals surface area contributed by atoms with Crippen molar-refractivity contribution in [3.63, 3.8) is 0 Å². The molecule has 1 heterocycles. The fraction of sp³-hybridized carbons (Fsp3) is 0.706. The Morgan fingerprint density at radius 3 is 2.67 bits per heavy atom. The number of aliphatic hydroxyl groups excluding tert-OH is 1. The Hall–Kier alpha value is -1.13. The predicted octanol–water partition coefficient (Wildman–Crippen LogP) is 2.74. The highest BCUT2D eigenvalue weighted by Gasteiger charge is 2.21. The van der Waals surface area contributed by atoms with Gasteiger partial charge in [0, 0.05) is 6.08 Å². The number of esters is 1. The third-order valence-electron chi connectivity index (χ3n) is 4.22. The normalized spacial score (nSPS) is 36.6. The lowest BCUT2D eigenvalue weighted by Crippen LogP contribution is -2.25. The van der Waals surface area contributed by atoms with Gasteiger partial charge in [-0.15, -0.1) is 0 Å². The molecule has 1 aliphatic rings. The van der Waals surface area contributed by atoms with Gasteiger partial charge in [-0.05, 0) is 64.0 Å². The number of ether oxygens (including phenoxy) is 1. The Labute approximate surface area is 127 Å². The third kappa shape index (κ3) is 6.44. The molecule has 1 rings (SSSR count). The molecular formula is C17H28O4. The van der Waals surface area contributed by atoms with E-state index in [1.165, 1.54) is 12.2 Å². The van der Waals surface area contributed by atoms with E-state index in [-0.39, 0.29) is 12.0 Å².